The van der Waals surface area contributed by atoms with Crippen LogP contribution in [0.3, 0.4) is 0 Å². The zero-order valence-corrected chi connectivity index (χ0v) is 14.4. The molecule has 0 bridgehead atoms. The molecule has 3 rings (SSSR count). The smallest absolute Gasteiger partial charge is 0.248 e. The Bertz CT molecular complexity index is 848. The maximum absolute atomic E-state index is 12.7. The van der Waals surface area contributed by atoms with E-state index in [9.17, 15) is 4.79 Å². The number of nitrogens with one attached hydrogen (secondary N) is 1. The van der Waals surface area contributed by atoms with Crippen LogP contribution in [0.2, 0.25) is 0 Å². The Morgan fingerprint density at radius 1 is 1.33 bits per heavy atom. The van der Waals surface area contributed by atoms with Crippen LogP contribution in [0.5, 0.6) is 0 Å². The SMILES string of the molecule is CCCCn1ncc(C)c1NC(=O)[C@@H](C)n1cnc2ccccc21. The predicted molar refractivity (Wildman–Crippen MR) is 94.9 cm³/mol. The van der Waals surface area contributed by atoms with Gasteiger partial charge in [0.1, 0.15) is 11.9 Å². The number of aromatic nitrogens is 4. The van der Waals surface area contributed by atoms with Crippen LogP contribution in [0.1, 0.15) is 38.3 Å². The van der Waals surface area contributed by atoms with Crippen molar-refractivity contribution in [2.24, 2.45) is 0 Å². The summed E-state index contributed by atoms with van der Waals surface area (Å²) in [5.41, 5.74) is 2.82. The van der Waals surface area contributed by atoms with Gasteiger partial charge in [0.15, 0.2) is 0 Å². The highest BCUT2D eigenvalue weighted by atomic mass is 16.2. The van der Waals surface area contributed by atoms with E-state index in [4.69, 9.17) is 0 Å². The fourth-order valence-corrected chi connectivity index (χ4v) is 2.75. The number of hydrogen-bond acceptors (Lipinski definition) is 3. The highest BCUT2D eigenvalue weighted by Crippen LogP contribution is 2.20. The number of para-hydroxylation sites is 2. The molecule has 0 unspecified atom stereocenters. The molecule has 24 heavy (non-hydrogen) atoms. The molecule has 3 aromatic rings. The summed E-state index contributed by atoms with van der Waals surface area (Å²) in [4.78, 5) is 17.1. The van der Waals surface area contributed by atoms with Gasteiger partial charge < -0.3 is 9.88 Å². The van der Waals surface area contributed by atoms with Crippen LogP contribution in [-0.4, -0.2) is 25.2 Å². The molecule has 0 radical (unpaired) electrons. The molecule has 6 nitrogen and oxygen atoms in total. The number of imidazole rings is 1. The van der Waals surface area contributed by atoms with Gasteiger partial charge in [-0.3, -0.25) is 4.79 Å². The average molecular weight is 325 g/mol. The Labute approximate surface area is 141 Å². The van der Waals surface area contributed by atoms with Gasteiger partial charge in [0.05, 0.1) is 23.6 Å². The summed E-state index contributed by atoms with van der Waals surface area (Å²) in [6.07, 6.45) is 5.63. The zero-order chi connectivity index (χ0) is 17.1. The third-order valence-electron chi connectivity index (χ3n) is 4.27. The molecule has 0 saturated heterocycles. The molecule has 0 spiro atoms. The average Bonchev–Trinajstić information content (AvgIpc) is 3.17. The first-order chi connectivity index (χ1) is 11.6. The number of fused-ring (bicyclic) bond motifs is 1. The van der Waals surface area contributed by atoms with Crippen LogP contribution >= 0.6 is 0 Å². The van der Waals surface area contributed by atoms with Crippen LogP contribution in [0.15, 0.2) is 36.8 Å². The molecule has 0 aliphatic rings. The molecule has 2 heterocycles. The first kappa shape index (κ1) is 16.2. The van der Waals surface area contributed by atoms with E-state index < -0.39 is 0 Å². The molecule has 2 aromatic heterocycles. The van der Waals surface area contributed by atoms with E-state index in [1.54, 1.807) is 12.5 Å². The van der Waals surface area contributed by atoms with Crippen molar-refractivity contribution in [1.29, 1.82) is 0 Å². The molecule has 6 heteroatoms. The fraction of sp³-hybridized carbons (Fsp3) is 0.389. The van der Waals surface area contributed by atoms with Crippen LogP contribution in [0.4, 0.5) is 5.82 Å². The highest BCUT2D eigenvalue weighted by molar-refractivity contribution is 5.94. The molecule has 0 saturated carbocycles. The Hall–Kier alpha value is -2.63. The maximum atomic E-state index is 12.7. The van der Waals surface area contributed by atoms with Gasteiger partial charge >= 0.3 is 0 Å². The van der Waals surface area contributed by atoms with Gasteiger partial charge in [-0.1, -0.05) is 25.5 Å². The molecule has 0 aliphatic carbocycles. The summed E-state index contributed by atoms with van der Waals surface area (Å²) in [6, 6.07) is 7.46. The Morgan fingerprint density at radius 2 is 2.12 bits per heavy atom. The van der Waals surface area contributed by atoms with E-state index in [-0.39, 0.29) is 11.9 Å². The minimum atomic E-state index is -0.355. The lowest BCUT2D eigenvalue weighted by Gasteiger charge is -2.16. The summed E-state index contributed by atoms with van der Waals surface area (Å²) in [6.45, 7) is 6.79. The maximum Gasteiger partial charge on any atom is 0.248 e. The van der Waals surface area contributed by atoms with E-state index >= 15 is 0 Å². The number of hydrogen-bond donors (Lipinski definition) is 1. The second-order valence-corrected chi connectivity index (χ2v) is 6.06. The van der Waals surface area contributed by atoms with E-state index in [1.807, 2.05) is 47.4 Å². The number of amides is 1. The molecule has 1 amide bonds. The number of carbonyl (C=O) groups excluding carboxylic acids is 1. The van der Waals surface area contributed by atoms with Crippen LogP contribution in [-0.2, 0) is 11.3 Å². The fourth-order valence-electron chi connectivity index (χ4n) is 2.75. The number of anilines is 1. The van der Waals surface area contributed by atoms with Gasteiger partial charge in [-0.25, -0.2) is 9.67 Å². The molecular weight excluding hydrogens is 302 g/mol. The lowest BCUT2D eigenvalue weighted by Crippen LogP contribution is -2.25. The number of benzene rings is 1. The lowest BCUT2D eigenvalue weighted by atomic mass is 10.2. The number of nitrogens with zero attached hydrogens (tertiary/aromatic N) is 4. The van der Waals surface area contributed by atoms with Crippen molar-refractivity contribution in [3.05, 3.63) is 42.4 Å². The second kappa shape index (κ2) is 6.86. The van der Waals surface area contributed by atoms with Crippen molar-refractivity contribution in [2.75, 3.05) is 5.32 Å². The number of rotatable bonds is 6. The van der Waals surface area contributed by atoms with E-state index in [0.717, 1.165) is 41.8 Å². The zero-order valence-electron chi connectivity index (χ0n) is 14.4. The molecule has 1 N–H and O–H groups in total. The van der Waals surface area contributed by atoms with Gasteiger partial charge in [-0.2, -0.15) is 5.10 Å². The molecule has 0 aliphatic heterocycles. The largest absolute Gasteiger partial charge is 0.318 e. The van der Waals surface area contributed by atoms with Gasteiger partial charge in [-0.15, -0.1) is 0 Å². The van der Waals surface area contributed by atoms with E-state index in [2.05, 4.69) is 22.3 Å². The van der Waals surface area contributed by atoms with Crippen LogP contribution in [0, 0.1) is 6.92 Å². The minimum absolute atomic E-state index is 0.0699. The molecule has 1 atom stereocenters. The topological polar surface area (TPSA) is 64.7 Å². The Morgan fingerprint density at radius 3 is 2.92 bits per heavy atom. The van der Waals surface area contributed by atoms with Crippen molar-refractivity contribution in [3.63, 3.8) is 0 Å². The van der Waals surface area contributed by atoms with Crippen molar-refractivity contribution >= 4 is 22.8 Å². The Kier molecular flexibility index (Phi) is 4.64. The standard InChI is InChI=1S/C18H23N5O/c1-4-5-10-23-17(13(2)11-20-23)21-18(24)14(3)22-12-19-15-8-6-7-9-16(15)22/h6-9,11-12,14H,4-5,10H2,1-3H3,(H,21,24)/t14-/m1/s1. The third kappa shape index (κ3) is 3.04. The van der Waals surface area contributed by atoms with Crippen molar-refractivity contribution in [1.82, 2.24) is 19.3 Å². The normalized spacial score (nSPS) is 12.5. The van der Waals surface area contributed by atoms with Crippen LogP contribution in [0.25, 0.3) is 11.0 Å². The molecule has 126 valence electrons. The quantitative estimate of drug-likeness (QED) is 0.754. The first-order valence-corrected chi connectivity index (χ1v) is 8.36. The molecular formula is C18H23N5O. The number of unbranched alkanes of at least 4 members (excludes halogenated alkanes) is 1. The van der Waals surface area contributed by atoms with E-state index in [1.165, 1.54) is 0 Å². The van der Waals surface area contributed by atoms with Gasteiger partial charge in [0.2, 0.25) is 5.91 Å². The monoisotopic (exact) mass is 325 g/mol. The molecule has 1 aromatic carbocycles. The molecule has 0 fully saturated rings. The van der Waals surface area contributed by atoms with Gasteiger partial charge in [-0.05, 0) is 32.4 Å². The predicted octanol–water partition coefficient (Wildman–Crippen LogP) is 3.54. The Balaban J connectivity index is 1.81. The first-order valence-electron chi connectivity index (χ1n) is 8.36. The summed E-state index contributed by atoms with van der Waals surface area (Å²) in [7, 11) is 0. The summed E-state index contributed by atoms with van der Waals surface area (Å²) in [5, 5.41) is 7.39. The number of carbonyl (C=O) groups is 1. The third-order valence-corrected chi connectivity index (χ3v) is 4.27. The summed E-state index contributed by atoms with van der Waals surface area (Å²) < 4.78 is 3.77. The van der Waals surface area contributed by atoms with Crippen molar-refractivity contribution in [3.8, 4) is 0 Å². The lowest BCUT2D eigenvalue weighted by molar-refractivity contribution is -0.118. The van der Waals surface area contributed by atoms with Crippen molar-refractivity contribution < 1.29 is 4.79 Å². The minimum Gasteiger partial charge on any atom is -0.318 e. The number of aryl methyl sites for hydroxylation is 2. The van der Waals surface area contributed by atoms with Crippen LogP contribution < -0.4 is 5.32 Å². The van der Waals surface area contributed by atoms with Crippen molar-refractivity contribution in [2.45, 2.75) is 46.2 Å². The van der Waals surface area contributed by atoms with E-state index in [0.29, 0.717) is 0 Å². The van der Waals surface area contributed by atoms with Gasteiger partial charge in [0.25, 0.3) is 0 Å². The summed E-state index contributed by atoms with van der Waals surface area (Å²) >= 11 is 0. The highest BCUT2D eigenvalue weighted by Gasteiger charge is 2.19. The summed E-state index contributed by atoms with van der Waals surface area (Å²) in [5.74, 6) is 0.712. The second-order valence-electron chi connectivity index (χ2n) is 6.06. The van der Waals surface area contributed by atoms with Gasteiger partial charge in [0, 0.05) is 12.1 Å².